The minimum atomic E-state index is 0.264. The molecule has 1 N–H and O–H groups in total. The van der Waals surface area contributed by atoms with Gasteiger partial charge in [0.25, 0.3) is 0 Å². The monoisotopic (exact) mass is 248 g/mol. The van der Waals surface area contributed by atoms with Crippen molar-refractivity contribution in [3.8, 4) is 0 Å². The lowest BCUT2D eigenvalue weighted by atomic mass is 9.79. The molecule has 1 aromatic heterocycles. The van der Waals surface area contributed by atoms with Gasteiger partial charge in [-0.2, -0.15) is 5.10 Å². The Morgan fingerprint density at radius 3 is 2.61 bits per heavy atom. The van der Waals surface area contributed by atoms with Crippen molar-refractivity contribution in [3.63, 3.8) is 0 Å². The van der Waals surface area contributed by atoms with Gasteiger partial charge in [-0.25, -0.2) is 4.98 Å². The first kappa shape index (κ1) is 12.2. The van der Waals surface area contributed by atoms with Crippen LogP contribution in [0.1, 0.15) is 62.5 Å². The second kappa shape index (κ2) is 4.65. The van der Waals surface area contributed by atoms with Gasteiger partial charge >= 0.3 is 0 Å². The molecule has 2 aliphatic carbocycles. The normalized spacial score (nSPS) is 23.2. The molecule has 2 aliphatic rings. The fourth-order valence-corrected chi connectivity index (χ4v) is 3.15. The van der Waals surface area contributed by atoms with Crippen LogP contribution in [-0.4, -0.2) is 27.4 Å². The van der Waals surface area contributed by atoms with Crippen LogP contribution in [0.15, 0.2) is 0 Å². The third-order valence-corrected chi connectivity index (χ3v) is 4.65. The number of hydrogen-bond donors (Lipinski definition) is 1. The molecule has 100 valence electrons. The zero-order chi connectivity index (χ0) is 12.6. The summed E-state index contributed by atoms with van der Waals surface area (Å²) in [5.41, 5.74) is 0.264. The van der Waals surface area contributed by atoms with Crippen LogP contribution in [-0.2, 0) is 13.5 Å². The zero-order valence-corrected chi connectivity index (χ0v) is 11.6. The Labute approximate surface area is 109 Å². The lowest BCUT2D eigenvalue weighted by molar-refractivity contribution is 0.239. The number of nitrogens with one attached hydrogen (secondary N) is 1. The molecule has 0 aliphatic heterocycles. The van der Waals surface area contributed by atoms with Crippen LogP contribution in [0.4, 0.5) is 0 Å². The third kappa shape index (κ3) is 2.30. The van der Waals surface area contributed by atoms with Gasteiger partial charge in [0.2, 0.25) is 0 Å². The quantitative estimate of drug-likeness (QED) is 0.888. The van der Waals surface area contributed by atoms with Crippen LogP contribution in [0.3, 0.4) is 0 Å². The highest BCUT2D eigenvalue weighted by Gasteiger charge is 2.34. The van der Waals surface area contributed by atoms with E-state index in [1.54, 1.807) is 0 Å². The summed E-state index contributed by atoms with van der Waals surface area (Å²) in [5.74, 6) is 2.89. The molecule has 0 atom stereocenters. The van der Waals surface area contributed by atoms with Crippen molar-refractivity contribution in [3.05, 3.63) is 11.6 Å². The maximum atomic E-state index is 4.77. The molecule has 18 heavy (non-hydrogen) atoms. The minimum Gasteiger partial charge on any atom is -0.314 e. The molecular formula is C14H24N4. The minimum absolute atomic E-state index is 0.264. The maximum absolute atomic E-state index is 4.77. The van der Waals surface area contributed by atoms with Crippen LogP contribution in [0, 0.1) is 0 Å². The summed E-state index contributed by atoms with van der Waals surface area (Å²) in [6.45, 7) is 0. The number of rotatable bonds is 4. The third-order valence-electron chi connectivity index (χ3n) is 4.65. The molecule has 0 unspecified atom stereocenters. The van der Waals surface area contributed by atoms with Gasteiger partial charge in [0, 0.05) is 24.9 Å². The van der Waals surface area contributed by atoms with Gasteiger partial charge in [0.15, 0.2) is 5.82 Å². The highest BCUT2D eigenvalue weighted by molar-refractivity contribution is 5.08. The molecule has 0 spiro atoms. The molecule has 4 nitrogen and oxygen atoms in total. The van der Waals surface area contributed by atoms with Gasteiger partial charge in [0.1, 0.15) is 5.82 Å². The molecule has 0 aromatic carbocycles. The van der Waals surface area contributed by atoms with E-state index in [1.165, 1.54) is 44.9 Å². The Hall–Kier alpha value is -0.900. The summed E-state index contributed by atoms with van der Waals surface area (Å²) in [6.07, 6.45) is 10.2. The summed E-state index contributed by atoms with van der Waals surface area (Å²) in [6, 6.07) is 0. The predicted molar refractivity (Wildman–Crippen MR) is 71.6 cm³/mol. The van der Waals surface area contributed by atoms with Crippen molar-refractivity contribution >= 4 is 0 Å². The Balaban J connectivity index is 1.77. The Morgan fingerprint density at radius 1 is 1.28 bits per heavy atom. The van der Waals surface area contributed by atoms with E-state index in [0.717, 1.165) is 18.1 Å². The SMILES string of the molecule is CNC1(Cc2nc(C3CC3)nn2C)CCCCC1. The maximum Gasteiger partial charge on any atom is 0.154 e. The first-order chi connectivity index (χ1) is 8.72. The van der Waals surface area contributed by atoms with Crippen LogP contribution in [0.25, 0.3) is 0 Å². The number of aromatic nitrogens is 3. The van der Waals surface area contributed by atoms with Crippen molar-refractivity contribution in [2.24, 2.45) is 7.05 Å². The highest BCUT2D eigenvalue weighted by Crippen LogP contribution is 2.38. The number of likely N-dealkylation sites (N-methyl/N-ethyl adjacent to an activating group) is 1. The van der Waals surface area contributed by atoms with Gasteiger partial charge in [-0.05, 0) is 32.7 Å². The number of nitrogens with zero attached hydrogens (tertiary/aromatic N) is 3. The van der Waals surface area contributed by atoms with Crippen LogP contribution < -0.4 is 5.32 Å². The first-order valence-electron chi connectivity index (χ1n) is 7.31. The fraction of sp³-hybridized carbons (Fsp3) is 0.857. The summed E-state index contributed by atoms with van der Waals surface area (Å²) >= 11 is 0. The van der Waals surface area contributed by atoms with Crippen molar-refractivity contribution < 1.29 is 0 Å². The van der Waals surface area contributed by atoms with Crippen molar-refractivity contribution in [2.45, 2.75) is 62.8 Å². The van der Waals surface area contributed by atoms with E-state index in [-0.39, 0.29) is 5.54 Å². The summed E-state index contributed by atoms with van der Waals surface area (Å²) < 4.78 is 2.00. The largest absolute Gasteiger partial charge is 0.314 e. The van der Waals surface area contributed by atoms with Crippen LogP contribution in [0.5, 0.6) is 0 Å². The molecule has 1 aromatic rings. The van der Waals surface area contributed by atoms with E-state index in [0.29, 0.717) is 5.92 Å². The second-order valence-corrected chi connectivity index (χ2v) is 6.05. The zero-order valence-electron chi connectivity index (χ0n) is 11.6. The topological polar surface area (TPSA) is 42.7 Å². The highest BCUT2D eigenvalue weighted by atomic mass is 15.3. The van der Waals surface area contributed by atoms with Crippen molar-refractivity contribution in [1.29, 1.82) is 0 Å². The molecule has 0 amide bonds. The van der Waals surface area contributed by atoms with E-state index in [1.807, 2.05) is 11.7 Å². The molecule has 1 heterocycles. The Morgan fingerprint density at radius 2 is 2.00 bits per heavy atom. The average molecular weight is 248 g/mol. The summed E-state index contributed by atoms with van der Waals surface area (Å²) in [4.78, 5) is 4.77. The predicted octanol–water partition coefficient (Wildman–Crippen LogP) is 2.16. The molecular weight excluding hydrogens is 224 g/mol. The van der Waals surface area contributed by atoms with Gasteiger partial charge in [0.05, 0.1) is 0 Å². The smallest absolute Gasteiger partial charge is 0.154 e. The van der Waals surface area contributed by atoms with E-state index in [9.17, 15) is 0 Å². The number of aryl methyl sites for hydroxylation is 1. The standard InChI is InChI=1S/C14H24N4/c1-15-14(8-4-3-5-9-14)10-12-16-13(11-6-7-11)17-18(12)2/h11,15H,3-10H2,1-2H3. The molecule has 4 heteroatoms. The average Bonchev–Trinajstić information content (AvgIpc) is 3.17. The molecule has 3 rings (SSSR count). The Bertz CT molecular complexity index is 413. The van der Waals surface area contributed by atoms with Gasteiger partial charge in [-0.15, -0.1) is 0 Å². The van der Waals surface area contributed by atoms with E-state index in [4.69, 9.17) is 4.98 Å². The summed E-state index contributed by atoms with van der Waals surface area (Å²) in [7, 11) is 4.14. The molecule has 0 bridgehead atoms. The second-order valence-electron chi connectivity index (χ2n) is 6.05. The number of hydrogen-bond acceptors (Lipinski definition) is 3. The van der Waals surface area contributed by atoms with Gasteiger partial charge < -0.3 is 5.32 Å². The molecule has 0 saturated heterocycles. The molecule has 2 saturated carbocycles. The first-order valence-corrected chi connectivity index (χ1v) is 7.31. The van der Waals surface area contributed by atoms with Crippen molar-refractivity contribution in [2.75, 3.05) is 7.05 Å². The van der Waals surface area contributed by atoms with E-state index < -0.39 is 0 Å². The molecule has 0 radical (unpaired) electrons. The van der Waals surface area contributed by atoms with Gasteiger partial charge in [-0.1, -0.05) is 19.3 Å². The lowest BCUT2D eigenvalue weighted by Crippen LogP contribution is -2.47. The van der Waals surface area contributed by atoms with Crippen LogP contribution >= 0.6 is 0 Å². The van der Waals surface area contributed by atoms with E-state index >= 15 is 0 Å². The Kier molecular flexibility index (Phi) is 3.14. The van der Waals surface area contributed by atoms with E-state index in [2.05, 4.69) is 17.5 Å². The van der Waals surface area contributed by atoms with Crippen molar-refractivity contribution in [1.82, 2.24) is 20.1 Å². The van der Waals surface area contributed by atoms with Crippen LogP contribution in [0.2, 0.25) is 0 Å². The molecule has 2 fully saturated rings. The summed E-state index contributed by atoms with van der Waals surface area (Å²) in [5, 5.41) is 8.15. The van der Waals surface area contributed by atoms with Gasteiger partial charge in [-0.3, -0.25) is 4.68 Å². The lowest BCUT2D eigenvalue weighted by Gasteiger charge is -2.36. The fourth-order valence-electron chi connectivity index (χ4n) is 3.15.